The summed E-state index contributed by atoms with van der Waals surface area (Å²) in [5.41, 5.74) is 8.58. The quantitative estimate of drug-likeness (QED) is 0.284. The second kappa shape index (κ2) is 11.4. The molecule has 4 aromatic rings. The first kappa shape index (κ1) is 24.0. The second-order valence-electron chi connectivity index (χ2n) is 8.86. The van der Waals surface area contributed by atoms with Crippen LogP contribution in [0.4, 0.5) is 11.8 Å². The van der Waals surface area contributed by atoms with Gasteiger partial charge in [-0.2, -0.15) is 10.1 Å². The van der Waals surface area contributed by atoms with E-state index < -0.39 is 0 Å². The monoisotopic (exact) mass is 499 g/mol. The van der Waals surface area contributed by atoms with Crippen LogP contribution in [0.3, 0.4) is 0 Å². The minimum atomic E-state index is 0.461. The van der Waals surface area contributed by atoms with Crippen molar-refractivity contribution in [2.45, 2.75) is 26.7 Å². The number of hydrazone groups is 1. The average Bonchev–Trinajstić information content (AvgIpc) is 3.31. The molecule has 36 heavy (non-hydrogen) atoms. The number of morpholine rings is 1. The van der Waals surface area contributed by atoms with Crippen LogP contribution in [0.25, 0.3) is 0 Å². The highest BCUT2D eigenvalue weighted by molar-refractivity contribution is 7.11. The lowest BCUT2D eigenvalue weighted by atomic mass is 10.1. The van der Waals surface area contributed by atoms with Crippen LogP contribution in [0.5, 0.6) is 0 Å². The predicted octanol–water partition coefficient (Wildman–Crippen LogP) is 4.41. The van der Waals surface area contributed by atoms with Gasteiger partial charge in [0.2, 0.25) is 5.95 Å². The first-order valence-corrected chi connectivity index (χ1v) is 12.9. The number of aryl methyl sites for hydroxylation is 2. The Hall–Kier alpha value is -3.69. The zero-order valence-corrected chi connectivity index (χ0v) is 21.3. The van der Waals surface area contributed by atoms with Gasteiger partial charge in [-0.05, 0) is 25.0 Å². The Balaban J connectivity index is 1.34. The Labute approximate surface area is 215 Å². The molecule has 1 saturated heterocycles. The maximum atomic E-state index is 5.52. The second-order valence-corrected chi connectivity index (χ2v) is 10.0. The van der Waals surface area contributed by atoms with E-state index in [-0.39, 0.29) is 0 Å². The van der Waals surface area contributed by atoms with Crippen LogP contribution in [0.15, 0.2) is 59.7 Å². The number of benzene rings is 2. The van der Waals surface area contributed by atoms with Gasteiger partial charge in [-0.1, -0.05) is 59.7 Å². The van der Waals surface area contributed by atoms with Crippen LogP contribution in [0.1, 0.15) is 38.0 Å². The summed E-state index contributed by atoms with van der Waals surface area (Å²) in [5.74, 6) is 1.32. The van der Waals surface area contributed by atoms with Crippen LogP contribution < -0.4 is 10.3 Å². The van der Waals surface area contributed by atoms with Gasteiger partial charge in [0.1, 0.15) is 15.8 Å². The van der Waals surface area contributed by atoms with Crippen LogP contribution in [-0.4, -0.2) is 52.7 Å². The van der Waals surface area contributed by atoms with Crippen molar-refractivity contribution in [3.8, 4) is 0 Å². The zero-order valence-electron chi connectivity index (χ0n) is 20.5. The van der Waals surface area contributed by atoms with Crippen molar-refractivity contribution in [1.82, 2.24) is 20.2 Å². The molecule has 0 radical (unpaired) electrons. The fourth-order valence-electron chi connectivity index (χ4n) is 4.08. The molecule has 1 fully saturated rings. The Morgan fingerprint density at radius 1 is 0.944 bits per heavy atom. The van der Waals surface area contributed by atoms with Crippen molar-refractivity contribution in [3.05, 3.63) is 92.6 Å². The number of nitrogens with one attached hydrogen (secondary N) is 1. The van der Waals surface area contributed by atoms with E-state index in [1.165, 1.54) is 16.7 Å². The number of ether oxygens (including phenoxy) is 1. The molecule has 9 heteroatoms. The topological polar surface area (TPSA) is 88.4 Å². The smallest absolute Gasteiger partial charge is 0.245 e. The van der Waals surface area contributed by atoms with Gasteiger partial charge in [0.15, 0.2) is 0 Å². The van der Waals surface area contributed by atoms with Gasteiger partial charge in [0.25, 0.3) is 0 Å². The number of hydrogen-bond donors (Lipinski definition) is 1. The lowest BCUT2D eigenvalue weighted by molar-refractivity contribution is 0.122. The van der Waals surface area contributed by atoms with E-state index in [0.29, 0.717) is 25.6 Å². The molecule has 3 heterocycles. The lowest BCUT2D eigenvalue weighted by Gasteiger charge is -2.28. The largest absolute Gasteiger partial charge is 0.378 e. The molecule has 0 aliphatic carbocycles. The molecule has 0 spiro atoms. The van der Waals surface area contributed by atoms with Crippen molar-refractivity contribution >= 4 is 29.3 Å². The molecule has 8 nitrogen and oxygen atoms in total. The van der Waals surface area contributed by atoms with Gasteiger partial charge in [0, 0.05) is 32.0 Å². The summed E-state index contributed by atoms with van der Waals surface area (Å²) < 4.78 is 5.52. The van der Waals surface area contributed by atoms with Crippen LogP contribution in [-0.2, 0) is 17.6 Å². The van der Waals surface area contributed by atoms with E-state index in [0.717, 1.165) is 46.6 Å². The van der Waals surface area contributed by atoms with Crippen molar-refractivity contribution in [1.29, 1.82) is 0 Å². The van der Waals surface area contributed by atoms with E-state index in [9.17, 15) is 0 Å². The summed E-state index contributed by atoms with van der Waals surface area (Å²) >= 11 is 1.63. The molecule has 5 rings (SSSR count). The SMILES string of the molecule is Cc1cccc(C=NNc2nc(Cc3nnc(Cc4cccc(C)c4)s3)cc(N3CCOCC3)n2)c1. The van der Waals surface area contributed by atoms with E-state index in [4.69, 9.17) is 14.7 Å². The van der Waals surface area contributed by atoms with Crippen LogP contribution in [0, 0.1) is 13.8 Å². The van der Waals surface area contributed by atoms with Crippen LogP contribution in [0.2, 0.25) is 0 Å². The minimum absolute atomic E-state index is 0.461. The first-order valence-electron chi connectivity index (χ1n) is 12.0. The third-order valence-electron chi connectivity index (χ3n) is 5.80. The lowest BCUT2D eigenvalue weighted by Crippen LogP contribution is -2.37. The summed E-state index contributed by atoms with van der Waals surface area (Å²) in [4.78, 5) is 11.7. The average molecular weight is 500 g/mol. The van der Waals surface area contributed by atoms with Crippen LogP contribution >= 0.6 is 11.3 Å². The zero-order chi connectivity index (χ0) is 24.7. The normalized spacial score (nSPS) is 13.9. The highest BCUT2D eigenvalue weighted by atomic mass is 32.1. The van der Waals surface area contributed by atoms with Gasteiger partial charge in [-0.25, -0.2) is 10.4 Å². The highest BCUT2D eigenvalue weighted by Crippen LogP contribution is 2.21. The molecule has 0 saturated carbocycles. The van der Waals surface area contributed by atoms with E-state index >= 15 is 0 Å². The summed E-state index contributed by atoms with van der Waals surface area (Å²) in [6.45, 7) is 7.13. The molecule has 1 N–H and O–H groups in total. The van der Waals surface area contributed by atoms with Gasteiger partial charge in [0.05, 0.1) is 25.1 Å². The number of anilines is 2. The number of hydrogen-bond acceptors (Lipinski definition) is 9. The maximum absolute atomic E-state index is 5.52. The predicted molar refractivity (Wildman–Crippen MR) is 144 cm³/mol. The molecular weight excluding hydrogens is 470 g/mol. The highest BCUT2D eigenvalue weighted by Gasteiger charge is 2.16. The molecule has 0 atom stereocenters. The fraction of sp³-hybridized carbons (Fsp3) is 0.296. The fourth-order valence-corrected chi connectivity index (χ4v) is 4.97. The third-order valence-corrected chi connectivity index (χ3v) is 6.72. The maximum Gasteiger partial charge on any atom is 0.245 e. The Bertz CT molecular complexity index is 1350. The Morgan fingerprint density at radius 3 is 2.47 bits per heavy atom. The molecule has 0 amide bonds. The van der Waals surface area contributed by atoms with Crippen molar-refractivity contribution in [3.63, 3.8) is 0 Å². The molecule has 0 unspecified atom stereocenters. The molecule has 184 valence electrons. The van der Waals surface area contributed by atoms with Crippen molar-refractivity contribution in [2.75, 3.05) is 36.6 Å². The van der Waals surface area contributed by atoms with Crippen molar-refractivity contribution in [2.24, 2.45) is 5.10 Å². The summed E-state index contributed by atoms with van der Waals surface area (Å²) in [5, 5.41) is 15.2. The summed E-state index contributed by atoms with van der Waals surface area (Å²) in [7, 11) is 0. The molecule has 0 bridgehead atoms. The number of nitrogens with zero attached hydrogens (tertiary/aromatic N) is 6. The van der Waals surface area contributed by atoms with E-state index in [1.54, 1.807) is 17.6 Å². The molecule has 2 aromatic carbocycles. The van der Waals surface area contributed by atoms with Gasteiger partial charge in [-0.3, -0.25) is 0 Å². The number of aromatic nitrogens is 4. The first-order chi connectivity index (χ1) is 17.6. The van der Waals surface area contributed by atoms with E-state index in [1.807, 2.05) is 18.2 Å². The Morgan fingerprint density at radius 2 is 1.69 bits per heavy atom. The molecule has 2 aromatic heterocycles. The minimum Gasteiger partial charge on any atom is -0.378 e. The number of rotatable bonds is 8. The summed E-state index contributed by atoms with van der Waals surface area (Å²) in [6, 6.07) is 18.7. The standard InChI is InChI=1S/C27H29N7OS/c1-19-5-3-7-21(13-19)15-25-31-32-26(36-25)17-23-16-24(34-9-11-35-12-10-34)30-27(29-23)33-28-18-22-8-4-6-20(2)14-22/h3-8,13-14,16,18H,9-12,15,17H2,1-2H3,(H,29,30,33). The van der Waals surface area contributed by atoms with Crippen molar-refractivity contribution < 1.29 is 4.74 Å². The van der Waals surface area contributed by atoms with E-state index in [2.05, 4.69) is 75.9 Å². The molecule has 1 aliphatic rings. The van der Waals surface area contributed by atoms with Gasteiger partial charge >= 0.3 is 0 Å². The Kier molecular flexibility index (Phi) is 7.58. The van der Waals surface area contributed by atoms with Gasteiger partial charge < -0.3 is 9.64 Å². The molecular formula is C27H29N7OS. The third kappa shape index (κ3) is 6.50. The molecule has 1 aliphatic heterocycles. The summed E-state index contributed by atoms with van der Waals surface area (Å²) in [6.07, 6.45) is 3.14. The van der Waals surface area contributed by atoms with Gasteiger partial charge in [-0.15, -0.1) is 21.5 Å².